The first-order valence-electron chi connectivity index (χ1n) is 7.47. The van der Waals surface area contributed by atoms with Gasteiger partial charge in [-0.3, -0.25) is 0 Å². The molecule has 3 atom stereocenters. The van der Waals surface area contributed by atoms with Crippen LogP contribution in [0.3, 0.4) is 0 Å². The lowest BCUT2D eigenvalue weighted by Crippen LogP contribution is -2.35. The van der Waals surface area contributed by atoms with Crippen LogP contribution in [-0.4, -0.2) is 24.3 Å². The van der Waals surface area contributed by atoms with Gasteiger partial charge >= 0.3 is 0 Å². The van der Waals surface area contributed by atoms with Crippen molar-refractivity contribution < 1.29 is 5.11 Å². The molecule has 2 heteroatoms. The highest BCUT2D eigenvalue weighted by molar-refractivity contribution is 4.83. The van der Waals surface area contributed by atoms with Gasteiger partial charge in [0.2, 0.25) is 0 Å². The fourth-order valence-electron chi connectivity index (χ4n) is 2.87. The summed E-state index contributed by atoms with van der Waals surface area (Å²) in [5, 5.41) is 12.6. The SMILES string of the molecule is CC(C)CCC1CCCC1NCC(C)CCO. The van der Waals surface area contributed by atoms with Crippen LogP contribution < -0.4 is 5.32 Å². The van der Waals surface area contributed by atoms with Gasteiger partial charge < -0.3 is 10.4 Å². The Hall–Kier alpha value is -0.0800. The molecule has 1 aliphatic rings. The Bertz CT molecular complexity index is 193. The number of aliphatic hydroxyl groups is 1. The van der Waals surface area contributed by atoms with Crippen molar-refractivity contribution in [2.45, 2.75) is 65.3 Å². The molecular weight excluding hydrogens is 210 g/mol. The van der Waals surface area contributed by atoms with Crippen molar-refractivity contribution in [3.63, 3.8) is 0 Å². The number of hydrogen-bond acceptors (Lipinski definition) is 2. The number of rotatable bonds is 8. The van der Waals surface area contributed by atoms with Crippen molar-refractivity contribution >= 4 is 0 Å². The Kier molecular flexibility index (Phi) is 7.14. The van der Waals surface area contributed by atoms with Crippen LogP contribution in [0.15, 0.2) is 0 Å². The van der Waals surface area contributed by atoms with E-state index in [1.165, 1.54) is 32.1 Å². The third kappa shape index (κ3) is 5.87. The lowest BCUT2D eigenvalue weighted by Gasteiger charge is -2.23. The molecule has 0 aliphatic heterocycles. The van der Waals surface area contributed by atoms with Gasteiger partial charge in [0.1, 0.15) is 0 Å². The molecule has 2 N–H and O–H groups in total. The maximum Gasteiger partial charge on any atom is 0.0434 e. The summed E-state index contributed by atoms with van der Waals surface area (Å²) in [4.78, 5) is 0. The quantitative estimate of drug-likeness (QED) is 0.684. The summed E-state index contributed by atoms with van der Waals surface area (Å²) in [7, 11) is 0. The first kappa shape index (κ1) is 15.0. The van der Waals surface area contributed by atoms with Crippen molar-refractivity contribution in [1.82, 2.24) is 5.32 Å². The van der Waals surface area contributed by atoms with Gasteiger partial charge in [0, 0.05) is 12.6 Å². The molecule has 0 radical (unpaired) electrons. The molecule has 1 aliphatic carbocycles. The molecule has 3 unspecified atom stereocenters. The monoisotopic (exact) mass is 241 g/mol. The van der Waals surface area contributed by atoms with Crippen LogP contribution in [0.5, 0.6) is 0 Å². The Balaban J connectivity index is 2.21. The molecule has 102 valence electrons. The van der Waals surface area contributed by atoms with Crippen LogP contribution in [0.4, 0.5) is 0 Å². The van der Waals surface area contributed by atoms with Crippen molar-refractivity contribution in [3.05, 3.63) is 0 Å². The van der Waals surface area contributed by atoms with Crippen molar-refractivity contribution in [2.75, 3.05) is 13.2 Å². The summed E-state index contributed by atoms with van der Waals surface area (Å²) in [6, 6.07) is 0.745. The second kappa shape index (κ2) is 8.10. The van der Waals surface area contributed by atoms with Crippen LogP contribution in [0.25, 0.3) is 0 Å². The highest BCUT2D eigenvalue weighted by Crippen LogP contribution is 2.30. The second-order valence-electron chi connectivity index (χ2n) is 6.29. The molecule has 1 fully saturated rings. The maximum atomic E-state index is 8.90. The summed E-state index contributed by atoms with van der Waals surface area (Å²) in [6.07, 6.45) is 7.86. The van der Waals surface area contributed by atoms with E-state index in [1.807, 2.05) is 0 Å². The molecule has 17 heavy (non-hydrogen) atoms. The van der Waals surface area contributed by atoms with E-state index >= 15 is 0 Å². The maximum absolute atomic E-state index is 8.90. The molecule has 1 saturated carbocycles. The third-order valence-corrected chi connectivity index (χ3v) is 4.12. The largest absolute Gasteiger partial charge is 0.396 e. The molecule has 0 amide bonds. The van der Waals surface area contributed by atoms with E-state index in [1.54, 1.807) is 0 Å². The van der Waals surface area contributed by atoms with E-state index in [4.69, 9.17) is 5.11 Å². The van der Waals surface area contributed by atoms with Crippen LogP contribution in [0.1, 0.15) is 59.3 Å². The van der Waals surface area contributed by atoms with E-state index in [9.17, 15) is 0 Å². The lowest BCUT2D eigenvalue weighted by atomic mass is 9.93. The minimum Gasteiger partial charge on any atom is -0.396 e. The number of aliphatic hydroxyl groups excluding tert-OH is 1. The summed E-state index contributed by atoms with van der Waals surface area (Å²) in [6.45, 7) is 8.26. The first-order valence-corrected chi connectivity index (χ1v) is 7.47. The second-order valence-corrected chi connectivity index (χ2v) is 6.29. The van der Waals surface area contributed by atoms with Gasteiger partial charge in [0.05, 0.1) is 0 Å². The van der Waals surface area contributed by atoms with Gasteiger partial charge in [-0.1, -0.05) is 33.6 Å². The van der Waals surface area contributed by atoms with E-state index in [0.717, 1.165) is 30.8 Å². The zero-order valence-corrected chi connectivity index (χ0v) is 11.9. The molecule has 0 heterocycles. The van der Waals surface area contributed by atoms with E-state index in [0.29, 0.717) is 12.5 Å². The predicted molar refractivity (Wildman–Crippen MR) is 74.1 cm³/mol. The average molecular weight is 241 g/mol. The summed E-state index contributed by atoms with van der Waals surface area (Å²) in [5.74, 6) is 2.34. The number of nitrogens with one attached hydrogen (secondary N) is 1. The molecule has 0 aromatic carbocycles. The Morgan fingerprint density at radius 3 is 2.59 bits per heavy atom. The molecule has 0 aromatic rings. The third-order valence-electron chi connectivity index (χ3n) is 4.12. The zero-order valence-electron chi connectivity index (χ0n) is 11.9. The van der Waals surface area contributed by atoms with Crippen LogP contribution in [0.2, 0.25) is 0 Å². The summed E-state index contributed by atoms with van der Waals surface area (Å²) >= 11 is 0. The minimum absolute atomic E-state index is 0.324. The molecular formula is C15H31NO. The van der Waals surface area contributed by atoms with Gasteiger partial charge in [0.25, 0.3) is 0 Å². The van der Waals surface area contributed by atoms with E-state index in [-0.39, 0.29) is 0 Å². The van der Waals surface area contributed by atoms with Gasteiger partial charge in [0.15, 0.2) is 0 Å². The van der Waals surface area contributed by atoms with Gasteiger partial charge in [-0.05, 0) is 50.0 Å². The summed E-state index contributed by atoms with van der Waals surface area (Å²) < 4.78 is 0. The van der Waals surface area contributed by atoms with E-state index in [2.05, 4.69) is 26.1 Å². The lowest BCUT2D eigenvalue weighted by molar-refractivity contribution is 0.253. The Morgan fingerprint density at radius 2 is 1.94 bits per heavy atom. The van der Waals surface area contributed by atoms with Gasteiger partial charge in [-0.2, -0.15) is 0 Å². The highest BCUT2D eigenvalue weighted by atomic mass is 16.3. The Morgan fingerprint density at radius 1 is 1.18 bits per heavy atom. The average Bonchev–Trinajstić information content (AvgIpc) is 2.71. The zero-order chi connectivity index (χ0) is 12.7. The predicted octanol–water partition coefficient (Wildman–Crippen LogP) is 3.20. The molecule has 0 bridgehead atoms. The normalized spacial score (nSPS) is 26.6. The van der Waals surface area contributed by atoms with Crippen molar-refractivity contribution in [2.24, 2.45) is 17.8 Å². The first-order chi connectivity index (χ1) is 8.13. The number of hydrogen-bond donors (Lipinski definition) is 2. The van der Waals surface area contributed by atoms with Gasteiger partial charge in [-0.15, -0.1) is 0 Å². The standard InChI is InChI=1S/C15H31NO/c1-12(2)7-8-14-5-4-6-15(14)16-11-13(3)9-10-17/h12-17H,4-11H2,1-3H3. The topological polar surface area (TPSA) is 32.3 Å². The summed E-state index contributed by atoms with van der Waals surface area (Å²) in [5.41, 5.74) is 0. The van der Waals surface area contributed by atoms with Crippen LogP contribution >= 0.6 is 0 Å². The van der Waals surface area contributed by atoms with Gasteiger partial charge in [-0.25, -0.2) is 0 Å². The molecule has 2 nitrogen and oxygen atoms in total. The van der Waals surface area contributed by atoms with Crippen molar-refractivity contribution in [3.8, 4) is 0 Å². The molecule has 0 spiro atoms. The fourth-order valence-corrected chi connectivity index (χ4v) is 2.87. The van der Waals surface area contributed by atoms with E-state index < -0.39 is 0 Å². The molecule has 0 saturated heterocycles. The van der Waals surface area contributed by atoms with Crippen LogP contribution in [-0.2, 0) is 0 Å². The smallest absolute Gasteiger partial charge is 0.0434 e. The Labute approximate surface area is 107 Å². The minimum atomic E-state index is 0.324. The molecule has 1 rings (SSSR count). The van der Waals surface area contributed by atoms with Crippen molar-refractivity contribution in [1.29, 1.82) is 0 Å². The highest BCUT2D eigenvalue weighted by Gasteiger charge is 2.26. The van der Waals surface area contributed by atoms with Crippen LogP contribution in [0, 0.1) is 17.8 Å². The molecule has 0 aromatic heterocycles. The fraction of sp³-hybridized carbons (Fsp3) is 1.00.